The fraction of sp³-hybridized carbons (Fsp3) is 0.684. The van der Waals surface area contributed by atoms with Crippen molar-refractivity contribution in [2.45, 2.75) is 62.8 Å². The molecule has 0 heterocycles. The lowest BCUT2D eigenvalue weighted by atomic mass is 9.74. The molecule has 0 aliphatic heterocycles. The van der Waals surface area contributed by atoms with Gasteiger partial charge in [-0.3, -0.25) is 0 Å². The molecule has 0 saturated heterocycles. The number of ether oxygens (including phenoxy) is 2. The predicted molar refractivity (Wildman–Crippen MR) is 92.5 cm³/mol. The van der Waals surface area contributed by atoms with Gasteiger partial charge in [0.1, 0.15) is 5.41 Å². The average molecular weight is 470 g/mol. The minimum Gasteiger partial charge on any atom is -0.395 e. The summed E-state index contributed by atoms with van der Waals surface area (Å²) >= 11 is 0. The maximum atomic E-state index is 13.8. The standard InChI is InChI=1S/C19H23F9O3/c1-10-12(14(2,9-29)17(20,21)22)7-11(15(3,30-5)18(23,24)25)8-13(10)16(4,31-6)19(26,27)28/h7-8,29H,9H2,1-6H3. The second-order valence-electron chi connectivity index (χ2n) is 7.65. The number of alkyl halides is 9. The van der Waals surface area contributed by atoms with Crippen molar-refractivity contribution in [1.82, 2.24) is 0 Å². The van der Waals surface area contributed by atoms with Gasteiger partial charge in [0, 0.05) is 14.2 Å². The van der Waals surface area contributed by atoms with Crippen LogP contribution in [0.2, 0.25) is 0 Å². The van der Waals surface area contributed by atoms with Gasteiger partial charge in [0.15, 0.2) is 11.2 Å². The van der Waals surface area contributed by atoms with E-state index in [4.69, 9.17) is 0 Å². The molecule has 0 aliphatic rings. The summed E-state index contributed by atoms with van der Waals surface area (Å²) in [6.07, 6.45) is -15.6. The fourth-order valence-electron chi connectivity index (χ4n) is 3.16. The van der Waals surface area contributed by atoms with Crippen LogP contribution in [0.4, 0.5) is 39.5 Å². The first kappa shape index (κ1) is 27.5. The quantitative estimate of drug-likeness (QED) is 0.546. The van der Waals surface area contributed by atoms with Crippen LogP contribution in [0.3, 0.4) is 0 Å². The van der Waals surface area contributed by atoms with Gasteiger partial charge in [0.2, 0.25) is 0 Å². The second kappa shape index (κ2) is 8.11. The highest BCUT2D eigenvalue weighted by molar-refractivity contribution is 5.48. The van der Waals surface area contributed by atoms with E-state index in [0.29, 0.717) is 47.1 Å². The van der Waals surface area contributed by atoms with Crippen LogP contribution in [0.25, 0.3) is 0 Å². The molecule has 1 N–H and O–H groups in total. The maximum Gasteiger partial charge on any atom is 0.421 e. The van der Waals surface area contributed by atoms with E-state index < -0.39 is 64.0 Å². The Morgan fingerprint density at radius 1 is 0.710 bits per heavy atom. The molecule has 0 amide bonds. The molecule has 0 aliphatic carbocycles. The van der Waals surface area contributed by atoms with E-state index in [9.17, 15) is 44.6 Å². The van der Waals surface area contributed by atoms with E-state index in [0.717, 1.165) is 6.92 Å². The Balaban J connectivity index is 4.25. The van der Waals surface area contributed by atoms with Crippen LogP contribution in [0.15, 0.2) is 12.1 Å². The Labute approximate surface area is 173 Å². The third-order valence-corrected chi connectivity index (χ3v) is 5.91. The van der Waals surface area contributed by atoms with E-state index in [2.05, 4.69) is 9.47 Å². The highest BCUT2D eigenvalue weighted by Gasteiger charge is 2.59. The Kier molecular flexibility index (Phi) is 7.19. The number of halogens is 9. The summed E-state index contributed by atoms with van der Waals surface area (Å²) in [5.74, 6) is 0. The largest absolute Gasteiger partial charge is 0.421 e. The van der Waals surface area contributed by atoms with Crippen LogP contribution < -0.4 is 0 Å². The summed E-state index contributed by atoms with van der Waals surface area (Å²) in [5, 5.41) is 9.49. The van der Waals surface area contributed by atoms with Crippen molar-refractivity contribution in [3.63, 3.8) is 0 Å². The monoisotopic (exact) mass is 470 g/mol. The summed E-state index contributed by atoms with van der Waals surface area (Å²) in [6.45, 7) is 0.732. The Bertz CT molecular complexity index is 751. The molecule has 0 aromatic heterocycles. The lowest BCUT2D eigenvalue weighted by Crippen LogP contribution is -2.47. The number of aliphatic hydroxyl groups is 1. The van der Waals surface area contributed by atoms with Gasteiger partial charge in [-0.1, -0.05) is 6.07 Å². The molecule has 3 nitrogen and oxygen atoms in total. The van der Waals surface area contributed by atoms with Crippen LogP contribution in [0.1, 0.15) is 43.0 Å². The number of hydrogen-bond donors (Lipinski definition) is 1. The number of methoxy groups -OCH3 is 2. The molecule has 1 aromatic rings. The first-order chi connectivity index (χ1) is 13.7. The van der Waals surface area contributed by atoms with E-state index in [1.165, 1.54) is 0 Å². The first-order valence-corrected chi connectivity index (χ1v) is 8.75. The third-order valence-electron chi connectivity index (χ3n) is 5.91. The minimum absolute atomic E-state index is 0.464. The average Bonchev–Trinajstić information content (AvgIpc) is 2.63. The van der Waals surface area contributed by atoms with Crippen LogP contribution in [0, 0.1) is 6.92 Å². The highest BCUT2D eigenvalue weighted by atomic mass is 19.4. The zero-order chi connectivity index (χ0) is 24.8. The Morgan fingerprint density at radius 3 is 1.39 bits per heavy atom. The van der Waals surface area contributed by atoms with E-state index >= 15 is 0 Å². The number of aliphatic hydroxyl groups excluding tert-OH is 1. The fourth-order valence-corrected chi connectivity index (χ4v) is 3.16. The predicted octanol–water partition coefficient (Wildman–Crippen LogP) is 5.66. The summed E-state index contributed by atoms with van der Waals surface area (Å²) in [6, 6.07) is 0.937. The smallest absolute Gasteiger partial charge is 0.395 e. The summed E-state index contributed by atoms with van der Waals surface area (Å²) in [7, 11) is 1.26. The molecule has 3 atom stereocenters. The summed E-state index contributed by atoms with van der Waals surface area (Å²) in [5.41, 5.74) is -13.2. The molecule has 0 radical (unpaired) electrons. The van der Waals surface area contributed by atoms with Crippen molar-refractivity contribution in [2.24, 2.45) is 0 Å². The van der Waals surface area contributed by atoms with Gasteiger partial charge in [0.05, 0.1) is 6.61 Å². The van der Waals surface area contributed by atoms with Crippen LogP contribution in [-0.4, -0.2) is 44.5 Å². The van der Waals surface area contributed by atoms with Gasteiger partial charge in [-0.15, -0.1) is 0 Å². The van der Waals surface area contributed by atoms with Crippen molar-refractivity contribution in [2.75, 3.05) is 20.8 Å². The van der Waals surface area contributed by atoms with Gasteiger partial charge in [0.25, 0.3) is 0 Å². The van der Waals surface area contributed by atoms with Crippen molar-refractivity contribution in [1.29, 1.82) is 0 Å². The lowest BCUT2D eigenvalue weighted by molar-refractivity contribution is -0.271. The molecule has 0 spiro atoms. The summed E-state index contributed by atoms with van der Waals surface area (Å²) in [4.78, 5) is 0. The molecular formula is C19H23F9O3. The van der Waals surface area contributed by atoms with E-state index in [-0.39, 0.29) is 0 Å². The Hall–Kier alpha value is -1.53. The molecule has 3 unspecified atom stereocenters. The molecule has 180 valence electrons. The van der Waals surface area contributed by atoms with Gasteiger partial charge in [-0.05, 0) is 56.0 Å². The van der Waals surface area contributed by atoms with Crippen molar-refractivity contribution < 1.29 is 54.1 Å². The molecule has 31 heavy (non-hydrogen) atoms. The SMILES string of the molecule is COC(C)(c1cc(C(C)(CO)C(F)(F)F)c(C)c(C(C)(OC)C(F)(F)F)c1)C(F)(F)F. The first-order valence-electron chi connectivity index (χ1n) is 8.75. The zero-order valence-corrected chi connectivity index (χ0v) is 17.5. The van der Waals surface area contributed by atoms with Gasteiger partial charge in [-0.2, -0.15) is 39.5 Å². The van der Waals surface area contributed by atoms with Gasteiger partial charge < -0.3 is 14.6 Å². The van der Waals surface area contributed by atoms with Gasteiger partial charge >= 0.3 is 18.5 Å². The molecule has 0 bridgehead atoms. The van der Waals surface area contributed by atoms with E-state index in [1.807, 2.05) is 0 Å². The molecular weight excluding hydrogens is 447 g/mol. The highest BCUT2D eigenvalue weighted by Crippen LogP contribution is 2.51. The minimum atomic E-state index is -5.20. The van der Waals surface area contributed by atoms with Crippen molar-refractivity contribution in [3.8, 4) is 0 Å². The lowest BCUT2D eigenvalue weighted by Gasteiger charge is -2.39. The van der Waals surface area contributed by atoms with Crippen LogP contribution >= 0.6 is 0 Å². The molecule has 1 aromatic carbocycles. The maximum absolute atomic E-state index is 13.8. The van der Waals surface area contributed by atoms with Crippen LogP contribution in [0.5, 0.6) is 0 Å². The summed E-state index contributed by atoms with van der Waals surface area (Å²) < 4.78 is 133. The Morgan fingerprint density at radius 2 is 1.10 bits per heavy atom. The zero-order valence-electron chi connectivity index (χ0n) is 17.5. The number of benzene rings is 1. The van der Waals surface area contributed by atoms with Gasteiger partial charge in [-0.25, -0.2) is 0 Å². The normalized spacial score (nSPS) is 19.5. The second-order valence-corrected chi connectivity index (χ2v) is 7.65. The third kappa shape index (κ3) is 4.25. The van der Waals surface area contributed by atoms with Crippen LogP contribution in [-0.2, 0) is 26.1 Å². The number of rotatable bonds is 6. The van der Waals surface area contributed by atoms with Crippen molar-refractivity contribution >= 4 is 0 Å². The molecule has 0 fully saturated rings. The molecule has 0 saturated carbocycles. The molecule has 1 rings (SSSR count). The topological polar surface area (TPSA) is 38.7 Å². The van der Waals surface area contributed by atoms with E-state index in [1.54, 1.807) is 0 Å². The number of hydrogen-bond acceptors (Lipinski definition) is 3. The molecule has 12 heteroatoms. The van der Waals surface area contributed by atoms with Crippen molar-refractivity contribution in [3.05, 3.63) is 34.4 Å².